The molecule has 0 radical (unpaired) electrons. The average molecular weight is 387 g/mol. The first-order valence-corrected chi connectivity index (χ1v) is 8.81. The van der Waals surface area contributed by atoms with Gasteiger partial charge in [0.1, 0.15) is 10.7 Å². The van der Waals surface area contributed by atoms with Crippen molar-refractivity contribution in [1.29, 1.82) is 0 Å². The van der Waals surface area contributed by atoms with Crippen molar-refractivity contribution in [3.8, 4) is 0 Å². The average Bonchev–Trinajstić information content (AvgIpc) is 2.51. The van der Waals surface area contributed by atoms with Gasteiger partial charge in [0.05, 0.1) is 10.0 Å². The fourth-order valence-corrected chi connectivity index (χ4v) is 4.09. The fourth-order valence-electron chi connectivity index (χ4n) is 2.21. The van der Waals surface area contributed by atoms with Crippen LogP contribution in [0.4, 0.5) is 10.1 Å². The number of halogens is 3. The van der Waals surface area contributed by atoms with Crippen molar-refractivity contribution in [3.63, 3.8) is 0 Å². The maximum absolute atomic E-state index is 13.9. The van der Waals surface area contributed by atoms with Crippen LogP contribution in [0, 0.1) is 5.82 Å². The third kappa shape index (κ3) is 2.98. The first-order chi connectivity index (χ1) is 11.3. The Hall–Kier alpha value is -2.09. The molecule has 9 heteroatoms. The molecule has 0 unspecified atom stereocenters. The first kappa shape index (κ1) is 16.8. The highest BCUT2D eigenvalue weighted by atomic mass is 35.5. The summed E-state index contributed by atoms with van der Waals surface area (Å²) in [6.45, 7) is 0. The lowest BCUT2D eigenvalue weighted by atomic mass is 10.1. The van der Waals surface area contributed by atoms with E-state index in [9.17, 15) is 17.6 Å². The van der Waals surface area contributed by atoms with Gasteiger partial charge < -0.3 is 4.98 Å². The molecule has 0 aliphatic carbocycles. The molecule has 1 heterocycles. The number of benzene rings is 2. The van der Waals surface area contributed by atoms with E-state index in [-0.39, 0.29) is 21.7 Å². The maximum atomic E-state index is 13.9. The number of hydrogen-bond acceptors (Lipinski definition) is 3. The molecule has 3 aromatic rings. The van der Waals surface area contributed by atoms with Crippen LogP contribution in [-0.4, -0.2) is 13.4 Å². The summed E-state index contributed by atoms with van der Waals surface area (Å²) in [5, 5.41) is 0.417. The molecule has 3 rings (SSSR count). The van der Waals surface area contributed by atoms with Crippen molar-refractivity contribution in [1.82, 2.24) is 4.98 Å². The SMILES string of the molecule is O=c1[nH]ccc2ccc(NS(=O)(=O)c3c(F)ccc(Cl)c3Cl)cc12. The van der Waals surface area contributed by atoms with Gasteiger partial charge >= 0.3 is 0 Å². The van der Waals surface area contributed by atoms with E-state index in [1.54, 1.807) is 12.1 Å². The topological polar surface area (TPSA) is 79.0 Å². The summed E-state index contributed by atoms with van der Waals surface area (Å²) in [7, 11) is -4.33. The zero-order chi connectivity index (χ0) is 17.5. The number of rotatable bonds is 3. The Morgan fingerprint density at radius 1 is 1.08 bits per heavy atom. The number of anilines is 1. The Morgan fingerprint density at radius 3 is 2.58 bits per heavy atom. The van der Waals surface area contributed by atoms with Gasteiger partial charge in [-0.2, -0.15) is 0 Å². The fraction of sp³-hybridized carbons (Fsp3) is 0. The second-order valence-corrected chi connectivity index (χ2v) is 7.29. The van der Waals surface area contributed by atoms with Crippen molar-refractivity contribution < 1.29 is 12.8 Å². The van der Waals surface area contributed by atoms with E-state index in [4.69, 9.17) is 23.2 Å². The van der Waals surface area contributed by atoms with E-state index >= 15 is 0 Å². The van der Waals surface area contributed by atoms with Crippen molar-refractivity contribution in [2.45, 2.75) is 4.90 Å². The van der Waals surface area contributed by atoms with Gasteiger partial charge in [-0.3, -0.25) is 9.52 Å². The summed E-state index contributed by atoms with van der Waals surface area (Å²) in [5.41, 5.74) is -0.282. The molecular weight excluding hydrogens is 378 g/mol. The normalized spacial score (nSPS) is 11.6. The van der Waals surface area contributed by atoms with Crippen molar-refractivity contribution in [2.75, 3.05) is 4.72 Å². The molecule has 0 bridgehead atoms. The monoisotopic (exact) mass is 386 g/mol. The number of aromatic amines is 1. The van der Waals surface area contributed by atoms with Crippen LogP contribution in [0.5, 0.6) is 0 Å². The Kier molecular flexibility index (Phi) is 4.25. The van der Waals surface area contributed by atoms with Gasteiger partial charge in [-0.15, -0.1) is 0 Å². The third-order valence-corrected chi connectivity index (χ3v) is 5.66. The number of fused-ring (bicyclic) bond motifs is 1. The molecule has 0 atom stereocenters. The molecule has 2 aromatic carbocycles. The van der Waals surface area contributed by atoms with E-state index in [2.05, 4.69) is 9.71 Å². The Morgan fingerprint density at radius 2 is 1.83 bits per heavy atom. The van der Waals surface area contributed by atoms with E-state index < -0.39 is 25.8 Å². The van der Waals surface area contributed by atoms with Gasteiger partial charge in [0.15, 0.2) is 0 Å². The van der Waals surface area contributed by atoms with Crippen LogP contribution in [0.3, 0.4) is 0 Å². The number of H-pyrrole nitrogens is 1. The van der Waals surface area contributed by atoms with Gasteiger partial charge in [-0.25, -0.2) is 12.8 Å². The molecule has 1 aromatic heterocycles. The highest BCUT2D eigenvalue weighted by molar-refractivity contribution is 7.92. The molecule has 0 saturated heterocycles. The van der Waals surface area contributed by atoms with Gasteiger partial charge in [-0.1, -0.05) is 29.3 Å². The second kappa shape index (κ2) is 6.08. The number of sulfonamides is 1. The van der Waals surface area contributed by atoms with E-state index in [1.165, 1.54) is 18.3 Å². The number of hydrogen-bond donors (Lipinski definition) is 2. The Labute approximate surface area is 146 Å². The minimum absolute atomic E-state index is 0.0894. The second-order valence-electron chi connectivity index (χ2n) is 4.89. The molecule has 2 N–H and O–H groups in total. The summed E-state index contributed by atoms with van der Waals surface area (Å²) in [4.78, 5) is 13.5. The van der Waals surface area contributed by atoms with Crippen LogP contribution in [-0.2, 0) is 10.0 Å². The van der Waals surface area contributed by atoms with Gasteiger partial charge in [0.2, 0.25) is 0 Å². The summed E-state index contributed by atoms with van der Waals surface area (Å²) in [6, 6.07) is 8.11. The van der Waals surface area contributed by atoms with E-state index in [1.807, 2.05) is 0 Å². The van der Waals surface area contributed by atoms with Crippen LogP contribution in [0.15, 0.2) is 52.3 Å². The molecule has 0 aliphatic heterocycles. The molecule has 124 valence electrons. The molecule has 0 saturated carbocycles. The van der Waals surface area contributed by atoms with Crippen LogP contribution < -0.4 is 10.3 Å². The highest BCUT2D eigenvalue weighted by Gasteiger charge is 2.25. The van der Waals surface area contributed by atoms with Crippen molar-refractivity contribution in [3.05, 3.63) is 68.8 Å². The third-order valence-electron chi connectivity index (χ3n) is 3.30. The lowest BCUT2D eigenvalue weighted by Crippen LogP contribution is -2.16. The zero-order valence-corrected chi connectivity index (χ0v) is 14.1. The molecule has 0 aliphatic rings. The predicted octanol–water partition coefficient (Wildman–Crippen LogP) is 3.77. The summed E-state index contributed by atoms with van der Waals surface area (Å²) in [6.07, 6.45) is 1.48. The van der Waals surface area contributed by atoms with E-state index in [0.717, 1.165) is 12.1 Å². The smallest absolute Gasteiger partial charge is 0.266 e. The lowest BCUT2D eigenvalue weighted by molar-refractivity contribution is 0.570. The van der Waals surface area contributed by atoms with Crippen LogP contribution >= 0.6 is 23.2 Å². The molecule has 0 amide bonds. The lowest BCUT2D eigenvalue weighted by Gasteiger charge is -2.11. The predicted molar refractivity (Wildman–Crippen MR) is 91.8 cm³/mol. The van der Waals surface area contributed by atoms with Gasteiger partial charge in [0.25, 0.3) is 15.6 Å². The van der Waals surface area contributed by atoms with Crippen LogP contribution in [0.25, 0.3) is 10.8 Å². The molecule has 0 fully saturated rings. The Balaban J connectivity index is 2.09. The van der Waals surface area contributed by atoms with E-state index in [0.29, 0.717) is 5.39 Å². The molecule has 5 nitrogen and oxygen atoms in total. The molecule has 24 heavy (non-hydrogen) atoms. The zero-order valence-electron chi connectivity index (χ0n) is 11.8. The molecule has 0 spiro atoms. The van der Waals surface area contributed by atoms with Gasteiger partial charge in [-0.05, 0) is 35.7 Å². The molecular formula is C15H9Cl2FN2O3S. The first-order valence-electron chi connectivity index (χ1n) is 6.57. The number of aromatic nitrogens is 1. The summed E-state index contributed by atoms with van der Waals surface area (Å²) in [5.74, 6) is -1.03. The largest absolute Gasteiger partial charge is 0.329 e. The van der Waals surface area contributed by atoms with Crippen LogP contribution in [0.1, 0.15) is 0 Å². The standard InChI is InChI=1S/C15H9Cl2FN2O3S/c16-11-3-4-12(18)14(13(11)17)24(22,23)20-9-2-1-8-5-6-19-15(21)10(8)7-9/h1-7,20H,(H,19,21). The minimum Gasteiger partial charge on any atom is -0.329 e. The maximum Gasteiger partial charge on any atom is 0.266 e. The van der Waals surface area contributed by atoms with Crippen molar-refractivity contribution in [2.24, 2.45) is 0 Å². The quantitative estimate of drug-likeness (QED) is 0.672. The summed E-state index contributed by atoms with van der Waals surface area (Å²) >= 11 is 11.6. The van der Waals surface area contributed by atoms with Gasteiger partial charge in [0, 0.05) is 17.3 Å². The minimum atomic E-state index is -4.33. The highest BCUT2D eigenvalue weighted by Crippen LogP contribution is 2.32. The van der Waals surface area contributed by atoms with Crippen LogP contribution in [0.2, 0.25) is 10.0 Å². The number of pyridine rings is 1. The van der Waals surface area contributed by atoms with Crippen molar-refractivity contribution >= 4 is 49.7 Å². The summed E-state index contributed by atoms with van der Waals surface area (Å²) < 4.78 is 41.0. The number of nitrogens with one attached hydrogen (secondary N) is 2. The Bertz CT molecular complexity index is 1110.